The minimum absolute atomic E-state index is 0.120. The summed E-state index contributed by atoms with van der Waals surface area (Å²) in [6, 6.07) is 0. The van der Waals surface area contributed by atoms with Gasteiger partial charge in [-0.1, -0.05) is 13.5 Å². The molecule has 4 aliphatic rings. The zero-order valence-corrected chi connectivity index (χ0v) is 13.9. The smallest absolute Gasteiger partial charge is 0.306 e. The third-order valence-electron chi connectivity index (χ3n) is 8.11. The van der Waals surface area contributed by atoms with Gasteiger partial charge in [-0.25, -0.2) is 0 Å². The predicted molar refractivity (Wildman–Crippen MR) is 85.6 cm³/mol. The average molecular weight is 320 g/mol. The Hall–Kier alpha value is -0.870. The molecule has 0 aliphatic heterocycles. The fourth-order valence-electron chi connectivity index (χ4n) is 7.26. The van der Waals surface area contributed by atoms with E-state index in [9.17, 15) is 20.1 Å². The van der Waals surface area contributed by atoms with Gasteiger partial charge in [-0.3, -0.25) is 4.79 Å². The molecule has 0 unspecified atom stereocenters. The minimum atomic E-state index is -0.763. The van der Waals surface area contributed by atoms with Crippen LogP contribution >= 0.6 is 0 Å². The van der Waals surface area contributed by atoms with Crippen molar-refractivity contribution in [2.24, 2.45) is 34.5 Å². The van der Waals surface area contributed by atoms with Crippen LogP contribution in [0, 0.1) is 34.5 Å². The minimum Gasteiger partial charge on any atom is -0.481 e. The third kappa shape index (κ3) is 1.88. The Labute approximate surface area is 137 Å². The van der Waals surface area contributed by atoms with Crippen molar-refractivity contribution < 1.29 is 20.1 Å². The van der Waals surface area contributed by atoms with Crippen LogP contribution in [0.5, 0.6) is 0 Å². The van der Waals surface area contributed by atoms with Crippen molar-refractivity contribution in [2.75, 3.05) is 0 Å². The zero-order chi connectivity index (χ0) is 16.6. The van der Waals surface area contributed by atoms with E-state index in [2.05, 4.69) is 13.5 Å². The number of carboxylic acids is 1. The van der Waals surface area contributed by atoms with Crippen molar-refractivity contribution in [3.8, 4) is 0 Å². The topological polar surface area (TPSA) is 77.8 Å². The molecule has 4 saturated carbocycles. The summed E-state index contributed by atoms with van der Waals surface area (Å²) >= 11 is 0. The number of hydrogen-bond acceptors (Lipinski definition) is 3. The summed E-state index contributed by atoms with van der Waals surface area (Å²) in [5.74, 6) is -0.348. The van der Waals surface area contributed by atoms with E-state index in [0.717, 1.165) is 37.7 Å². The van der Waals surface area contributed by atoms with Gasteiger partial charge in [-0.15, -0.1) is 0 Å². The van der Waals surface area contributed by atoms with E-state index in [1.165, 1.54) is 0 Å². The number of aliphatic hydroxyl groups is 2. The quantitative estimate of drug-likeness (QED) is 0.649. The summed E-state index contributed by atoms with van der Waals surface area (Å²) < 4.78 is 0. The SMILES string of the molecule is C=C1[C@H]2CC[C@H]3[C@]4(C)C[C@H](O)C[C@@H](C(=O)O)[C@H]4CC[C@]3(C2)[C@H]1O. The van der Waals surface area contributed by atoms with E-state index in [0.29, 0.717) is 24.7 Å². The lowest BCUT2D eigenvalue weighted by atomic mass is 9.43. The molecule has 0 aromatic heterocycles. The van der Waals surface area contributed by atoms with Crippen molar-refractivity contribution in [3.05, 3.63) is 12.2 Å². The van der Waals surface area contributed by atoms with Crippen molar-refractivity contribution in [3.63, 3.8) is 0 Å². The zero-order valence-electron chi connectivity index (χ0n) is 13.9. The van der Waals surface area contributed by atoms with E-state index in [1.807, 2.05) is 0 Å². The summed E-state index contributed by atoms with van der Waals surface area (Å²) in [6.45, 7) is 6.35. The molecule has 2 bridgehead atoms. The molecule has 128 valence electrons. The second kappa shape index (κ2) is 4.82. The molecule has 4 rings (SSSR count). The Kier molecular flexibility index (Phi) is 3.28. The standard InChI is InChI=1S/C19H28O4/c1-10-11-3-4-15-18(2)9-12(20)7-13(17(22)23)14(18)5-6-19(15,8-11)16(10)21/h11-16,20-21H,1,3-9H2,2H3,(H,22,23)/t11-,12+,13+,14+,15-,16-,18+,19+/m0/s1. The fourth-order valence-corrected chi connectivity index (χ4v) is 7.26. The second-order valence-corrected chi connectivity index (χ2v) is 8.93. The van der Waals surface area contributed by atoms with Crippen LogP contribution in [0.3, 0.4) is 0 Å². The lowest BCUT2D eigenvalue weighted by Gasteiger charge is -2.62. The second-order valence-electron chi connectivity index (χ2n) is 8.93. The maximum atomic E-state index is 11.8. The summed E-state index contributed by atoms with van der Waals surface area (Å²) in [7, 11) is 0. The van der Waals surface area contributed by atoms with Crippen LogP contribution in [0.15, 0.2) is 12.2 Å². The summed E-state index contributed by atoms with van der Waals surface area (Å²) in [6.07, 6.45) is 4.94. The van der Waals surface area contributed by atoms with Crippen LogP contribution in [0.1, 0.15) is 51.9 Å². The van der Waals surface area contributed by atoms with Gasteiger partial charge in [0.15, 0.2) is 0 Å². The molecule has 0 radical (unpaired) electrons. The molecule has 3 N–H and O–H groups in total. The van der Waals surface area contributed by atoms with E-state index < -0.39 is 24.1 Å². The highest BCUT2D eigenvalue weighted by Gasteiger charge is 2.66. The van der Waals surface area contributed by atoms with Gasteiger partial charge in [0.1, 0.15) is 0 Å². The highest BCUT2D eigenvalue weighted by molar-refractivity contribution is 5.71. The highest BCUT2D eigenvalue weighted by Crippen LogP contribution is 2.70. The van der Waals surface area contributed by atoms with Gasteiger partial charge < -0.3 is 15.3 Å². The molecule has 8 atom stereocenters. The molecule has 4 fully saturated rings. The first-order chi connectivity index (χ1) is 10.8. The Bertz CT molecular complexity index is 558. The predicted octanol–water partition coefficient (Wildman–Crippen LogP) is 2.59. The summed E-state index contributed by atoms with van der Waals surface area (Å²) in [5, 5.41) is 30.9. The Morgan fingerprint density at radius 2 is 1.96 bits per heavy atom. The van der Waals surface area contributed by atoms with Gasteiger partial charge in [-0.2, -0.15) is 0 Å². The molecule has 4 heteroatoms. The molecule has 4 aliphatic carbocycles. The maximum Gasteiger partial charge on any atom is 0.306 e. The van der Waals surface area contributed by atoms with Gasteiger partial charge in [0, 0.05) is 5.41 Å². The number of aliphatic carboxylic acids is 1. The van der Waals surface area contributed by atoms with Gasteiger partial charge in [0.2, 0.25) is 0 Å². The number of fused-ring (bicyclic) bond motifs is 3. The molecule has 0 heterocycles. The van der Waals surface area contributed by atoms with Crippen LogP contribution in [-0.4, -0.2) is 33.5 Å². The first-order valence-electron chi connectivity index (χ1n) is 9.07. The van der Waals surface area contributed by atoms with E-state index in [1.54, 1.807) is 0 Å². The number of rotatable bonds is 1. The largest absolute Gasteiger partial charge is 0.481 e. The summed E-state index contributed by atoms with van der Waals surface area (Å²) in [4.78, 5) is 11.8. The number of carboxylic acid groups (broad SMARTS) is 1. The van der Waals surface area contributed by atoms with E-state index in [-0.39, 0.29) is 16.7 Å². The van der Waals surface area contributed by atoms with Crippen molar-refractivity contribution in [1.29, 1.82) is 0 Å². The number of carbonyl (C=O) groups is 1. The molecule has 4 nitrogen and oxygen atoms in total. The van der Waals surface area contributed by atoms with Crippen molar-refractivity contribution >= 4 is 5.97 Å². The summed E-state index contributed by atoms with van der Waals surface area (Å²) in [5.41, 5.74) is 0.696. The molecule has 0 amide bonds. The van der Waals surface area contributed by atoms with E-state index >= 15 is 0 Å². The van der Waals surface area contributed by atoms with E-state index in [4.69, 9.17) is 0 Å². The first kappa shape index (κ1) is 15.6. The normalized spacial score (nSPS) is 55.2. The maximum absolute atomic E-state index is 11.8. The monoisotopic (exact) mass is 320 g/mol. The number of hydrogen-bond donors (Lipinski definition) is 3. The van der Waals surface area contributed by atoms with Crippen molar-refractivity contribution in [1.82, 2.24) is 0 Å². The molecular weight excluding hydrogens is 292 g/mol. The lowest BCUT2D eigenvalue weighted by Crippen LogP contribution is -2.59. The van der Waals surface area contributed by atoms with Crippen LogP contribution in [-0.2, 0) is 4.79 Å². The van der Waals surface area contributed by atoms with Crippen LogP contribution < -0.4 is 0 Å². The number of aliphatic hydroxyl groups excluding tert-OH is 2. The van der Waals surface area contributed by atoms with Gasteiger partial charge in [0.25, 0.3) is 0 Å². The Balaban J connectivity index is 1.76. The van der Waals surface area contributed by atoms with Gasteiger partial charge in [-0.05, 0) is 73.7 Å². The first-order valence-corrected chi connectivity index (χ1v) is 9.07. The van der Waals surface area contributed by atoms with Gasteiger partial charge >= 0.3 is 5.97 Å². The Morgan fingerprint density at radius 3 is 2.65 bits per heavy atom. The molecular formula is C19H28O4. The lowest BCUT2D eigenvalue weighted by molar-refractivity contribution is -0.184. The third-order valence-corrected chi connectivity index (χ3v) is 8.11. The van der Waals surface area contributed by atoms with Crippen LogP contribution in [0.25, 0.3) is 0 Å². The van der Waals surface area contributed by atoms with Crippen LogP contribution in [0.4, 0.5) is 0 Å². The molecule has 1 spiro atoms. The molecule has 23 heavy (non-hydrogen) atoms. The average Bonchev–Trinajstić information content (AvgIpc) is 2.66. The van der Waals surface area contributed by atoms with Crippen LogP contribution in [0.2, 0.25) is 0 Å². The molecule has 0 aromatic carbocycles. The Morgan fingerprint density at radius 1 is 1.22 bits per heavy atom. The fraction of sp³-hybridized carbons (Fsp3) is 0.842. The van der Waals surface area contributed by atoms with Crippen molar-refractivity contribution in [2.45, 2.75) is 64.1 Å². The van der Waals surface area contributed by atoms with Gasteiger partial charge in [0.05, 0.1) is 18.1 Å². The highest BCUT2D eigenvalue weighted by atomic mass is 16.4. The molecule has 0 aromatic rings. The molecule has 0 saturated heterocycles.